The van der Waals surface area contributed by atoms with Crippen molar-refractivity contribution < 1.29 is 9.53 Å². The van der Waals surface area contributed by atoms with Gasteiger partial charge in [0, 0.05) is 5.02 Å². The smallest absolute Gasteiger partial charge is 0.163 e. The fourth-order valence-electron chi connectivity index (χ4n) is 1.79. The van der Waals surface area contributed by atoms with E-state index in [0.717, 1.165) is 6.42 Å². The Bertz CT molecular complexity index is 588. The van der Waals surface area contributed by atoms with Crippen LogP contribution in [0.25, 0.3) is 0 Å². The topological polar surface area (TPSA) is 26.3 Å². The first kappa shape index (κ1) is 13.6. The summed E-state index contributed by atoms with van der Waals surface area (Å²) in [5.74, 6) is 1.17. The molecule has 0 aliphatic heterocycles. The van der Waals surface area contributed by atoms with E-state index in [1.54, 1.807) is 18.2 Å². The number of hydrogen-bond donors (Lipinski definition) is 0. The van der Waals surface area contributed by atoms with Gasteiger partial charge >= 0.3 is 0 Å². The molecular formula is C16H15ClO2. The highest BCUT2D eigenvalue weighted by atomic mass is 35.5. The Kier molecular flexibility index (Phi) is 4.23. The molecule has 0 saturated heterocycles. The minimum Gasteiger partial charge on any atom is -0.457 e. The van der Waals surface area contributed by atoms with Crippen molar-refractivity contribution in [3.63, 3.8) is 0 Å². The van der Waals surface area contributed by atoms with Gasteiger partial charge < -0.3 is 4.74 Å². The summed E-state index contributed by atoms with van der Waals surface area (Å²) in [5, 5.41) is 0.527. The molecule has 0 bridgehead atoms. The Morgan fingerprint density at radius 2 is 1.84 bits per heavy atom. The van der Waals surface area contributed by atoms with Crippen LogP contribution in [0.5, 0.6) is 11.5 Å². The van der Waals surface area contributed by atoms with Gasteiger partial charge in [-0.25, -0.2) is 0 Å². The van der Waals surface area contributed by atoms with E-state index in [2.05, 4.69) is 6.92 Å². The minimum atomic E-state index is -0.0670. The molecule has 0 saturated carbocycles. The van der Waals surface area contributed by atoms with Gasteiger partial charge in [-0.15, -0.1) is 0 Å². The van der Waals surface area contributed by atoms with Crippen molar-refractivity contribution in [1.82, 2.24) is 0 Å². The van der Waals surface area contributed by atoms with E-state index in [4.69, 9.17) is 16.3 Å². The maximum Gasteiger partial charge on any atom is 0.163 e. The summed E-state index contributed by atoms with van der Waals surface area (Å²) < 4.78 is 5.75. The largest absolute Gasteiger partial charge is 0.457 e. The molecule has 2 aromatic carbocycles. The van der Waals surface area contributed by atoms with Crippen LogP contribution in [0.2, 0.25) is 5.02 Å². The van der Waals surface area contributed by atoms with E-state index in [-0.39, 0.29) is 5.78 Å². The molecule has 2 nitrogen and oxygen atoms in total. The lowest BCUT2D eigenvalue weighted by atomic mass is 10.1. The molecule has 0 fully saturated rings. The van der Waals surface area contributed by atoms with E-state index >= 15 is 0 Å². The van der Waals surface area contributed by atoms with E-state index in [1.807, 2.05) is 24.3 Å². The molecule has 3 heteroatoms. The van der Waals surface area contributed by atoms with Gasteiger partial charge in [0.15, 0.2) is 5.78 Å². The van der Waals surface area contributed by atoms with Gasteiger partial charge in [0.1, 0.15) is 11.5 Å². The van der Waals surface area contributed by atoms with Gasteiger partial charge in [-0.2, -0.15) is 0 Å². The van der Waals surface area contributed by atoms with Gasteiger partial charge in [0.25, 0.3) is 0 Å². The molecule has 2 aromatic rings. The van der Waals surface area contributed by atoms with Crippen LogP contribution >= 0.6 is 11.6 Å². The SMILES string of the molecule is CCc1ccc(Oc2ccc(Cl)cc2C(C)=O)cc1. The Morgan fingerprint density at radius 1 is 1.16 bits per heavy atom. The molecule has 0 amide bonds. The number of carbonyl (C=O) groups excluding carboxylic acids is 1. The highest BCUT2D eigenvalue weighted by Crippen LogP contribution is 2.28. The average molecular weight is 275 g/mol. The molecular weight excluding hydrogens is 260 g/mol. The number of ketones is 1. The Morgan fingerprint density at radius 3 is 2.42 bits per heavy atom. The van der Waals surface area contributed by atoms with Crippen LogP contribution in [0.15, 0.2) is 42.5 Å². The zero-order chi connectivity index (χ0) is 13.8. The number of hydrogen-bond acceptors (Lipinski definition) is 2. The van der Waals surface area contributed by atoms with E-state index in [9.17, 15) is 4.79 Å². The standard InChI is InChI=1S/C16H15ClO2/c1-3-12-4-7-14(8-5-12)19-16-9-6-13(17)10-15(16)11(2)18/h4-10H,3H2,1-2H3. The average Bonchev–Trinajstić information content (AvgIpc) is 2.41. The van der Waals surface area contributed by atoms with Crippen molar-refractivity contribution in [2.24, 2.45) is 0 Å². The minimum absolute atomic E-state index is 0.0670. The first-order valence-corrected chi connectivity index (χ1v) is 6.55. The summed E-state index contributed by atoms with van der Waals surface area (Å²) in [7, 11) is 0. The Balaban J connectivity index is 2.29. The van der Waals surface area contributed by atoms with Crippen LogP contribution in [-0.2, 0) is 6.42 Å². The normalized spacial score (nSPS) is 10.3. The summed E-state index contributed by atoms with van der Waals surface area (Å²) in [5.41, 5.74) is 1.74. The molecule has 0 heterocycles. The van der Waals surface area contributed by atoms with Crippen LogP contribution in [0, 0.1) is 0 Å². The zero-order valence-electron chi connectivity index (χ0n) is 10.9. The number of rotatable bonds is 4. The third-order valence-corrected chi connectivity index (χ3v) is 3.12. The molecule has 0 N–H and O–H groups in total. The van der Waals surface area contributed by atoms with Crippen LogP contribution in [0.4, 0.5) is 0 Å². The van der Waals surface area contributed by atoms with Crippen molar-refractivity contribution in [3.05, 3.63) is 58.6 Å². The monoisotopic (exact) mass is 274 g/mol. The second-order valence-electron chi connectivity index (χ2n) is 4.30. The highest BCUT2D eigenvalue weighted by Gasteiger charge is 2.10. The lowest BCUT2D eigenvalue weighted by molar-refractivity contribution is 0.101. The molecule has 19 heavy (non-hydrogen) atoms. The highest BCUT2D eigenvalue weighted by molar-refractivity contribution is 6.31. The van der Waals surface area contributed by atoms with Crippen molar-refractivity contribution in [2.45, 2.75) is 20.3 Å². The second kappa shape index (κ2) is 5.89. The third kappa shape index (κ3) is 3.36. The molecule has 0 radical (unpaired) electrons. The molecule has 2 rings (SSSR count). The fraction of sp³-hybridized carbons (Fsp3) is 0.188. The fourth-order valence-corrected chi connectivity index (χ4v) is 1.96. The van der Waals surface area contributed by atoms with Crippen LogP contribution in [-0.4, -0.2) is 5.78 Å². The molecule has 98 valence electrons. The number of ether oxygens (including phenoxy) is 1. The first-order valence-electron chi connectivity index (χ1n) is 6.17. The molecule has 0 aliphatic rings. The molecule has 0 unspecified atom stereocenters. The van der Waals surface area contributed by atoms with Gasteiger partial charge in [0.05, 0.1) is 5.56 Å². The summed E-state index contributed by atoms with van der Waals surface area (Å²) in [6.07, 6.45) is 0.986. The number of halogens is 1. The summed E-state index contributed by atoms with van der Waals surface area (Å²) >= 11 is 5.90. The Hall–Kier alpha value is -1.80. The van der Waals surface area contributed by atoms with Crippen LogP contribution in [0.3, 0.4) is 0 Å². The molecule has 0 atom stereocenters. The maximum atomic E-state index is 11.6. The summed E-state index contributed by atoms with van der Waals surface area (Å²) in [6, 6.07) is 12.9. The van der Waals surface area contributed by atoms with Gasteiger partial charge in [-0.05, 0) is 49.2 Å². The zero-order valence-corrected chi connectivity index (χ0v) is 11.7. The summed E-state index contributed by atoms with van der Waals surface area (Å²) in [6.45, 7) is 3.60. The predicted molar refractivity (Wildman–Crippen MR) is 77.4 cm³/mol. The third-order valence-electron chi connectivity index (χ3n) is 2.88. The van der Waals surface area contributed by atoms with Crippen molar-refractivity contribution in [3.8, 4) is 11.5 Å². The van der Waals surface area contributed by atoms with Gasteiger partial charge in [0.2, 0.25) is 0 Å². The van der Waals surface area contributed by atoms with Crippen LogP contribution in [0.1, 0.15) is 29.8 Å². The van der Waals surface area contributed by atoms with Crippen LogP contribution < -0.4 is 4.74 Å². The lowest BCUT2D eigenvalue weighted by Gasteiger charge is -2.10. The Labute approximate surface area is 118 Å². The van der Waals surface area contributed by atoms with Crippen molar-refractivity contribution in [2.75, 3.05) is 0 Å². The molecule has 0 aromatic heterocycles. The number of carbonyl (C=O) groups is 1. The lowest BCUT2D eigenvalue weighted by Crippen LogP contribution is -1.97. The first-order chi connectivity index (χ1) is 9.10. The van der Waals surface area contributed by atoms with E-state index in [0.29, 0.717) is 22.1 Å². The maximum absolute atomic E-state index is 11.6. The van der Waals surface area contributed by atoms with Gasteiger partial charge in [-0.3, -0.25) is 4.79 Å². The van der Waals surface area contributed by atoms with Crippen molar-refractivity contribution >= 4 is 17.4 Å². The molecule has 0 spiro atoms. The number of aryl methyl sites for hydroxylation is 1. The number of Topliss-reactive ketones (excluding diaryl/α,β-unsaturated/α-hetero) is 1. The second-order valence-corrected chi connectivity index (χ2v) is 4.73. The van der Waals surface area contributed by atoms with Crippen molar-refractivity contribution in [1.29, 1.82) is 0 Å². The number of benzene rings is 2. The summed E-state index contributed by atoms with van der Waals surface area (Å²) in [4.78, 5) is 11.6. The predicted octanol–water partition coefficient (Wildman–Crippen LogP) is 4.90. The van der Waals surface area contributed by atoms with E-state index in [1.165, 1.54) is 12.5 Å². The van der Waals surface area contributed by atoms with Gasteiger partial charge in [-0.1, -0.05) is 30.7 Å². The quantitative estimate of drug-likeness (QED) is 0.742. The molecule has 0 aliphatic carbocycles. The van der Waals surface area contributed by atoms with E-state index < -0.39 is 0 Å².